The van der Waals surface area contributed by atoms with Gasteiger partial charge >= 0.3 is 0 Å². The van der Waals surface area contributed by atoms with Gasteiger partial charge in [0.15, 0.2) is 0 Å². The van der Waals surface area contributed by atoms with Crippen molar-refractivity contribution in [3.05, 3.63) is 63.7 Å². The molecule has 0 spiro atoms. The standard InChI is InChI=1S/C26H34N4O5/c1-20-7-9-29(10-8-20)25-6-5-22(30(32)33)18-24(25)26(31)27-19-21-3-2-4-23(17-21)35-16-13-28-11-14-34-15-12-28/h2-6,17-18,20H,7-16,19H2,1H3,(H,27,31). The first-order valence-electron chi connectivity index (χ1n) is 12.3. The molecule has 1 amide bonds. The van der Waals surface area contributed by atoms with E-state index in [1.807, 2.05) is 24.3 Å². The minimum absolute atomic E-state index is 0.0834. The summed E-state index contributed by atoms with van der Waals surface area (Å²) in [6, 6.07) is 12.2. The lowest BCUT2D eigenvalue weighted by atomic mass is 9.98. The highest BCUT2D eigenvalue weighted by Crippen LogP contribution is 2.29. The van der Waals surface area contributed by atoms with Gasteiger partial charge in [-0.3, -0.25) is 19.8 Å². The summed E-state index contributed by atoms with van der Waals surface area (Å²) in [6.07, 6.45) is 2.08. The van der Waals surface area contributed by atoms with Crippen molar-refractivity contribution in [1.29, 1.82) is 0 Å². The van der Waals surface area contributed by atoms with E-state index in [9.17, 15) is 14.9 Å². The minimum Gasteiger partial charge on any atom is -0.492 e. The summed E-state index contributed by atoms with van der Waals surface area (Å²) in [6.45, 7) is 9.00. The Morgan fingerprint density at radius 3 is 2.66 bits per heavy atom. The van der Waals surface area contributed by atoms with Crippen molar-refractivity contribution in [2.24, 2.45) is 5.92 Å². The van der Waals surface area contributed by atoms with E-state index in [-0.39, 0.29) is 11.6 Å². The molecule has 0 aromatic heterocycles. The molecule has 2 fully saturated rings. The zero-order valence-corrected chi connectivity index (χ0v) is 20.3. The number of morpholine rings is 1. The van der Waals surface area contributed by atoms with Crippen LogP contribution in [0.3, 0.4) is 0 Å². The number of anilines is 1. The number of nitrogens with zero attached hydrogens (tertiary/aromatic N) is 3. The Morgan fingerprint density at radius 2 is 1.91 bits per heavy atom. The molecule has 0 unspecified atom stereocenters. The Morgan fingerprint density at radius 1 is 1.14 bits per heavy atom. The normalized spacial score (nSPS) is 17.2. The van der Waals surface area contributed by atoms with Crippen LogP contribution >= 0.6 is 0 Å². The smallest absolute Gasteiger partial charge is 0.270 e. The molecule has 0 saturated carbocycles. The van der Waals surface area contributed by atoms with Crippen molar-refractivity contribution >= 4 is 17.3 Å². The largest absolute Gasteiger partial charge is 0.492 e. The van der Waals surface area contributed by atoms with Crippen LogP contribution in [0.1, 0.15) is 35.7 Å². The van der Waals surface area contributed by atoms with Crippen LogP contribution in [-0.4, -0.2) is 68.3 Å². The molecule has 2 aliphatic rings. The van der Waals surface area contributed by atoms with Gasteiger partial charge in [0.25, 0.3) is 11.6 Å². The SMILES string of the molecule is CC1CCN(c2ccc([N+](=O)[O-])cc2C(=O)NCc2cccc(OCCN3CCOCC3)c2)CC1. The number of carbonyl (C=O) groups excluding carboxylic acids is 1. The van der Waals surface area contributed by atoms with Crippen molar-refractivity contribution in [3.8, 4) is 5.75 Å². The molecule has 2 saturated heterocycles. The zero-order valence-electron chi connectivity index (χ0n) is 20.3. The van der Waals surface area contributed by atoms with Gasteiger partial charge in [0.1, 0.15) is 12.4 Å². The molecular weight excluding hydrogens is 448 g/mol. The maximum Gasteiger partial charge on any atom is 0.270 e. The Hall–Kier alpha value is -3.17. The number of nitro benzene ring substituents is 1. The average Bonchev–Trinajstić information content (AvgIpc) is 2.88. The summed E-state index contributed by atoms with van der Waals surface area (Å²) >= 11 is 0. The quantitative estimate of drug-likeness (QED) is 0.432. The third kappa shape index (κ3) is 6.93. The van der Waals surface area contributed by atoms with Crippen molar-refractivity contribution in [2.75, 3.05) is 57.4 Å². The fraction of sp³-hybridized carbons (Fsp3) is 0.500. The first kappa shape index (κ1) is 24.9. The van der Waals surface area contributed by atoms with Crippen molar-refractivity contribution < 1.29 is 19.2 Å². The molecular formula is C26H34N4O5. The van der Waals surface area contributed by atoms with Gasteiger partial charge in [-0.2, -0.15) is 0 Å². The molecule has 2 aliphatic heterocycles. The second-order valence-corrected chi connectivity index (χ2v) is 9.26. The van der Waals surface area contributed by atoms with Crippen LogP contribution in [0, 0.1) is 16.0 Å². The summed E-state index contributed by atoms with van der Waals surface area (Å²) in [5.74, 6) is 1.08. The van der Waals surface area contributed by atoms with Crippen LogP contribution in [0.5, 0.6) is 5.75 Å². The Kier molecular flexibility index (Phi) is 8.54. The van der Waals surface area contributed by atoms with E-state index in [4.69, 9.17) is 9.47 Å². The van der Waals surface area contributed by atoms with Gasteiger partial charge in [-0.25, -0.2) is 0 Å². The number of hydrogen-bond donors (Lipinski definition) is 1. The highest BCUT2D eigenvalue weighted by Gasteiger charge is 2.23. The van der Waals surface area contributed by atoms with Crippen LogP contribution in [0.15, 0.2) is 42.5 Å². The number of amides is 1. The van der Waals surface area contributed by atoms with Crippen LogP contribution in [0.25, 0.3) is 0 Å². The van der Waals surface area contributed by atoms with Gasteiger partial charge in [-0.1, -0.05) is 19.1 Å². The van der Waals surface area contributed by atoms with Gasteiger partial charge in [-0.15, -0.1) is 0 Å². The van der Waals surface area contributed by atoms with Gasteiger partial charge < -0.3 is 19.7 Å². The summed E-state index contributed by atoms with van der Waals surface area (Å²) < 4.78 is 11.3. The van der Waals surface area contributed by atoms with Gasteiger partial charge in [-0.05, 0) is 42.5 Å². The molecule has 2 heterocycles. The van der Waals surface area contributed by atoms with Crippen LogP contribution in [-0.2, 0) is 11.3 Å². The molecule has 0 aliphatic carbocycles. The lowest BCUT2D eigenvalue weighted by molar-refractivity contribution is -0.384. The maximum atomic E-state index is 13.1. The summed E-state index contributed by atoms with van der Waals surface area (Å²) in [4.78, 5) is 28.5. The highest BCUT2D eigenvalue weighted by molar-refractivity contribution is 6.00. The second kappa shape index (κ2) is 12.0. The third-order valence-electron chi connectivity index (χ3n) is 6.69. The predicted molar refractivity (Wildman–Crippen MR) is 134 cm³/mol. The molecule has 0 radical (unpaired) electrons. The Balaban J connectivity index is 1.38. The highest BCUT2D eigenvalue weighted by atomic mass is 16.6. The van der Waals surface area contributed by atoms with Gasteiger partial charge in [0.05, 0.1) is 29.4 Å². The molecule has 4 rings (SSSR count). The van der Waals surface area contributed by atoms with E-state index < -0.39 is 4.92 Å². The molecule has 35 heavy (non-hydrogen) atoms. The number of nitrogens with one attached hydrogen (secondary N) is 1. The third-order valence-corrected chi connectivity index (χ3v) is 6.69. The fourth-order valence-electron chi connectivity index (χ4n) is 4.48. The molecule has 9 heteroatoms. The lowest BCUT2D eigenvalue weighted by Gasteiger charge is -2.33. The molecule has 2 aromatic carbocycles. The van der Waals surface area contributed by atoms with Gasteiger partial charge in [0, 0.05) is 51.4 Å². The van der Waals surface area contributed by atoms with E-state index in [1.165, 1.54) is 12.1 Å². The monoisotopic (exact) mass is 482 g/mol. The summed E-state index contributed by atoms with van der Waals surface area (Å²) in [5.41, 5.74) is 1.91. The number of nitro groups is 1. The average molecular weight is 483 g/mol. The topological polar surface area (TPSA) is 97.2 Å². The first-order chi connectivity index (χ1) is 17.0. The number of carbonyl (C=O) groups is 1. The molecule has 1 N–H and O–H groups in total. The molecule has 0 bridgehead atoms. The number of ether oxygens (including phenoxy) is 2. The first-order valence-corrected chi connectivity index (χ1v) is 12.3. The number of non-ortho nitro benzene ring substituents is 1. The second-order valence-electron chi connectivity index (χ2n) is 9.26. The number of rotatable bonds is 9. The van der Waals surface area contributed by atoms with E-state index in [2.05, 4.69) is 22.0 Å². The van der Waals surface area contributed by atoms with Crippen LogP contribution < -0.4 is 15.0 Å². The Labute approximate surface area is 206 Å². The molecule has 2 aromatic rings. The van der Waals surface area contributed by atoms with Crippen molar-refractivity contribution in [1.82, 2.24) is 10.2 Å². The van der Waals surface area contributed by atoms with E-state index in [0.29, 0.717) is 24.6 Å². The van der Waals surface area contributed by atoms with E-state index in [0.717, 1.165) is 75.8 Å². The van der Waals surface area contributed by atoms with Crippen LogP contribution in [0.2, 0.25) is 0 Å². The number of piperidine rings is 1. The summed E-state index contributed by atoms with van der Waals surface area (Å²) in [5, 5.41) is 14.3. The lowest BCUT2D eigenvalue weighted by Crippen LogP contribution is -2.38. The van der Waals surface area contributed by atoms with Crippen LogP contribution in [0.4, 0.5) is 11.4 Å². The maximum absolute atomic E-state index is 13.1. The van der Waals surface area contributed by atoms with Gasteiger partial charge in [0.2, 0.25) is 0 Å². The number of benzene rings is 2. The van der Waals surface area contributed by atoms with Crippen molar-refractivity contribution in [3.63, 3.8) is 0 Å². The minimum atomic E-state index is -0.462. The van der Waals surface area contributed by atoms with Crippen molar-refractivity contribution in [2.45, 2.75) is 26.3 Å². The Bertz CT molecular complexity index is 1020. The fourth-order valence-corrected chi connectivity index (χ4v) is 4.48. The van der Waals surface area contributed by atoms with E-state index in [1.54, 1.807) is 6.07 Å². The predicted octanol–water partition coefficient (Wildman–Crippen LogP) is 3.47. The molecule has 9 nitrogen and oxygen atoms in total. The summed E-state index contributed by atoms with van der Waals surface area (Å²) in [7, 11) is 0. The number of hydrogen-bond acceptors (Lipinski definition) is 7. The molecule has 188 valence electrons. The zero-order chi connectivity index (χ0) is 24.6. The van der Waals surface area contributed by atoms with E-state index >= 15 is 0 Å². The molecule has 0 atom stereocenters.